The van der Waals surface area contributed by atoms with Crippen molar-refractivity contribution in [2.24, 2.45) is 0 Å². The standard InChI is InChI=1S/C26H15Cl2FN4O4S/c1-12-32-19-9-18(28)22(29)16(10-30)21(19)25(34)33(12)6-7-37-20-3-2-13(27)8-15(20)14-4-5-31-23-17(26(35)36)11-38-24(14)23/h2-5,8-9,11H,6-7H2,1H3,(H,35,36). The van der Waals surface area contributed by atoms with Crippen molar-refractivity contribution in [3.8, 4) is 22.9 Å². The van der Waals surface area contributed by atoms with Gasteiger partial charge < -0.3 is 9.84 Å². The number of carboxylic acids is 1. The Morgan fingerprint density at radius 1 is 1.26 bits per heavy atom. The number of thiophene rings is 1. The number of benzene rings is 2. The number of nitrogens with zero attached hydrogens (tertiary/aromatic N) is 4. The molecule has 5 rings (SSSR count). The second-order valence-corrected chi connectivity index (χ2v) is 9.87. The third kappa shape index (κ3) is 4.35. The van der Waals surface area contributed by atoms with Crippen LogP contribution < -0.4 is 10.3 Å². The highest BCUT2D eigenvalue weighted by atomic mass is 35.5. The van der Waals surface area contributed by atoms with Crippen LogP contribution in [0.15, 0.2) is 46.7 Å². The number of hydrogen-bond donors (Lipinski definition) is 1. The first-order chi connectivity index (χ1) is 18.2. The average Bonchev–Trinajstić information content (AvgIpc) is 3.33. The van der Waals surface area contributed by atoms with E-state index in [1.54, 1.807) is 37.3 Å². The smallest absolute Gasteiger partial charge is 0.338 e. The highest BCUT2D eigenvalue weighted by Gasteiger charge is 2.20. The van der Waals surface area contributed by atoms with Gasteiger partial charge in [0.05, 0.1) is 38.3 Å². The molecule has 3 aromatic heterocycles. The number of rotatable bonds is 6. The number of ether oxygens (including phenoxy) is 1. The highest BCUT2D eigenvalue weighted by Crippen LogP contribution is 2.39. The number of carbonyl (C=O) groups is 1. The van der Waals surface area contributed by atoms with Crippen molar-refractivity contribution in [2.75, 3.05) is 6.61 Å². The Balaban J connectivity index is 1.50. The van der Waals surface area contributed by atoms with Crippen LogP contribution in [0.25, 0.3) is 32.2 Å². The molecule has 3 heterocycles. The second-order valence-electron chi connectivity index (χ2n) is 8.15. The number of fused-ring (bicyclic) bond motifs is 2. The molecule has 0 fully saturated rings. The predicted molar refractivity (Wildman–Crippen MR) is 143 cm³/mol. The topological polar surface area (TPSA) is 118 Å². The van der Waals surface area contributed by atoms with Crippen LogP contribution in [0, 0.1) is 24.1 Å². The zero-order valence-corrected chi connectivity index (χ0v) is 21.8. The van der Waals surface area contributed by atoms with Gasteiger partial charge in [0.1, 0.15) is 29.8 Å². The number of nitriles is 1. The molecule has 0 saturated carbocycles. The molecule has 0 aliphatic rings. The van der Waals surface area contributed by atoms with E-state index in [-0.39, 0.29) is 34.6 Å². The van der Waals surface area contributed by atoms with Crippen LogP contribution in [0.2, 0.25) is 10.0 Å². The van der Waals surface area contributed by atoms with E-state index < -0.39 is 22.9 Å². The minimum absolute atomic E-state index is 0.0273. The molecular formula is C26H15Cl2FN4O4S. The van der Waals surface area contributed by atoms with Crippen molar-refractivity contribution in [1.82, 2.24) is 14.5 Å². The molecule has 0 amide bonds. The van der Waals surface area contributed by atoms with Crippen molar-refractivity contribution in [3.63, 3.8) is 0 Å². The van der Waals surface area contributed by atoms with Crippen LogP contribution in [-0.4, -0.2) is 32.2 Å². The fraction of sp³-hybridized carbons (Fsp3) is 0.115. The first kappa shape index (κ1) is 25.6. The molecule has 1 N–H and O–H groups in total. The number of aryl methyl sites for hydroxylation is 1. The molecule has 190 valence electrons. The molecule has 0 aliphatic heterocycles. The van der Waals surface area contributed by atoms with E-state index in [1.807, 2.05) is 0 Å². The van der Waals surface area contributed by atoms with Crippen LogP contribution in [0.5, 0.6) is 5.75 Å². The minimum atomic E-state index is -1.07. The van der Waals surface area contributed by atoms with E-state index in [1.165, 1.54) is 33.5 Å². The maximum absolute atomic E-state index is 14.4. The van der Waals surface area contributed by atoms with Gasteiger partial charge in [-0.25, -0.2) is 14.2 Å². The molecule has 5 aromatic rings. The number of carboxylic acid groups (broad SMARTS) is 1. The van der Waals surface area contributed by atoms with Crippen LogP contribution >= 0.6 is 34.5 Å². The zero-order valence-electron chi connectivity index (χ0n) is 19.5. The molecule has 0 unspecified atom stereocenters. The summed E-state index contributed by atoms with van der Waals surface area (Å²) < 4.78 is 22.4. The molecule has 12 heteroatoms. The van der Waals surface area contributed by atoms with Crippen LogP contribution in [0.1, 0.15) is 21.7 Å². The Morgan fingerprint density at radius 2 is 2.05 bits per heavy atom. The Bertz CT molecular complexity index is 1880. The average molecular weight is 569 g/mol. The predicted octanol–water partition coefficient (Wildman–Crippen LogP) is 6.08. The molecule has 8 nitrogen and oxygen atoms in total. The van der Waals surface area contributed by atoms with Crippen molar-refractivity contribution in [3.05, 3.63) is 85.1 Å². The number of hydrogen-bond acceptors (Lipinski definition) is 7. The third-order valence-electron chi connectivity index (χ3n) is 5.93. The van der Waals surface area contributed by atoms with E-state index in [0.29, 0.717) is 37.9 Å². The Kier molecular flexibility index (Phi) is 6.75. The molecule has 0 radical (unpaired) electrons. The monoisotopic (exact) mass is 568 g/mol. The van der Waals surface area contributed by atoms with Gasteiger partial charge in [-0.15, -0.1) is 11.3 Å². The van der Waals surface area contributed by atoms with Crippen LogP contribution in [-0.2, 0) is 6.54 Å². The van der Waals surface area contributed by atoms with Gasteiger partial charge >= 0.3 is 5.97 Å². The van der Waals surface area contributed by atoms with Crippen molar-refractivity contribution in [2.45, 2.75) is 13.5 Å². The SMILES string of the molecule is Cc1nc2cc(Cl)c(F)c(C#N)c2c(=O)n1CCOc1ccc(Cl)cc1-c1ccnc2c(C(=O)O)csc12. The molecule has 2 aromatic carbocycles. The van der Waals surface area contributed by atoms with Crippen LogP contribution in [0.4, 0.5) is 4.39 Å². The molecule has 0 saturated heterocycles. The van der Waals surface area contributed by atoms with Gasteiger partial charge in [-0.2, -0.15) is 5.26 Å². The lowest BCUT2D eigenvalue weighted by atomic mass is 10.0. The van der Waals surface area contributed by atoms with Gasteiger partial charge in [-0.05, 0) is 37.3 Å². The van der Waals surface area contributed by atoms with Gasteiger partial charge in [0.25, 0.3) is 5.56 Å². The van der Waals surface area contributed by atoms with Crippen molar-refractivity contribution in [1.29, 1.82) is 5.26 Å². The maximum Gasteiger partial charge on any atom is 0.338 e. The molecule has 0 spiro atoms. The third-order valence-corrected chi connectivity index (χ3v) is 7.44. The van der Waals surface area contributed by atoms with Gasteiger partial charge in [-0.1, -0.05) is 23.2 Å². The Morgan fingerprint density at radius 3 is 2.79 bits per heavy atom. The lowest BCUT2D eigenvalue weighted by molar-refractivity contribution is 0.0699. The normalized spacial score (nSPS) is 11.1. The minimum Gasteiger partial charge on any atom is -0.491 e. The van der Waals surface area contributed by atoms with E-state index in [9.17, 15) is 24.3 Å². The number of aromatic nitrogens is 3. The zero-order chi connectivity index (χ0) is 27.1. The summed E-state index contributed by atoms with van der Waals surface area (Å²) in [4.78, 5) is 33.3. The molecule has 0 aliphatic carbocycles. The Labute approximate surface area is 228 Å². The summed E-state index contributed by atoms with van der Waals surface area (Å²) in [5.41, 5.74) is 0.851. The summed E-state index contributed by atoms with van der Waals surface area (Å²) in [5, 5.41) is 20.4. The maximum atomic E-state index is 14.4. The lowest BCUT2D eigenvalue weighted by Gasteiger charge is -2.15. The molecule has 0 bridgehead atoms. The summed E-state index contributed by atoms with van der Waals surface area (Å²) >= 11 is 13.4. The number of halogens is 3. The van der Waals surface area contributed by atoms with Gasteiger partial charge in [-0.3, -0.25) is 14.3 Å². The largest absolute Gasteiger partial charge is 0.491 e. The Hall–Kier alpha value is -4.04. The quantitative estimate of drug-likeness (QED) is 0.264. The summed E-state index contributed by atoms with van der Waals surface area (Å²) in [6.45, 7) is 1.70. The van der Waals surface area contributed by atoms with Gasteiger partial charge in [0, 0.05) is 27.7 Å². The van der Waals surface area contributed by atoms with Crippen molar-refractivity contribution >= 4 is 61.6 Å². The molecule has 38 heavy (non-hydrogen) atoms. The molecule has 0 atom stereocenters. The summed E-state index contributed by atoms with van der Waals surface area (Å²) in [7, 11) is 0. The first-order valence-electron chi connectivity index (χ1n) is 11.0. The van der Waals surface area contributed by atoms with Gasteiger partial charge in [0.15, 0.2) is 5.82 Å². The fourth-order valence-corrected chi connectivity index (χ4v) is 5.58. The van der Waals surface area contributed by atoms with E-state index in [0.717, 1.165) is 0 Å². The molecular weight excluding hydrogens is 554 g/mol. The summed E-state index contributed by atoms with van der Waals surface area (Å²) in [6.07, 6.45) is 1.52. The van der Waals surface area contributed by atoms with E-state index in [4.69, 9.17) is 27.9 Å². The van der Waals surface area contributed by atoms with Crippen LogP contribution in [0.3, 0.4) is 0 Å². The van der Waals surface area contributed by atoms with E-state index >= 15 is 0 Å². The summed E-state index contributed by atoms with van der Waals surface area (Å²) in [5.74, 6) is -1.26. The lowest BCUT2D eigenvalue weighted by Crippen LogP contribution is -2.27. The number of aromatic carboxylic acids is 1. The highest BCUT2D eigenvalue weighted by molar-refractivity contribution is 7.18. The second kappa shape index (κ2) is 10.0. The first-order valence-corrected chi connectivity index (χ1v) is 12.7. The van der Waals surface area contributed by atoms with Crippen molar-refractivity contribution < 1.29 is 19.0 Å². The van der Waals surface area contributed by atoms with E-state index in [2.05, 4.69) is 9.97 Å². The summed E-state index contributed by atoms with van der Waals surface area (Å²) in [6, 6.07) is 9.70. The fourth-order valence-electron chi connectivity index (χ4n) is 4.18. The number of pyridine rings is 1. The van der Waals surface area contributed by atoms with Gasteiger partial charge in [0.2, 0.25) is 0 Å².